The predicted molar refractivity (Wildman–Crippen MR) is 90.0 cm³/mol. The van der Waals surface area contributed by atoms with Gasteiger partial charge in [-0.1, -0.05) is 48.7 Å². The van der Waals surface area contributed by atoms with Gasteiger partial charge < -0.3 is 16.3 Å². The fourth-order valence-corrected chi connectivity index (χ4v) is 4.00. The molecule has 1 saturated carbocycles. The molecule has 0 saturated heterocycles. The van der Waals surface area contributed by atoms with Crippen molar-refractivity contribution < 1.29 is 5.21 Å². The fraction of sp³-hybridized carbons (Fsp3) is 0.562. The van der Waals surface area contributed by atoms with Crippen molar-refractivity contribution in [1.29, 1.82) is 0 Å². The molecule has 1 fully saturated rings. The summed E-state index contributed by atoms with van der Waals surface area (Å²) < 4.78 is 0.379. The van der Waals surface area contributed by atoms with Crippen molar-refractivity contribution in [3.63, 3.8) is 0 Å². The van der Waals surface area contributed by atoms with Gasteiger partial charge in [-0.2, -0.15) is 11.8 Å². The van der Waals surface area contributed by atoms with Crippen molar-refractivity contribution in [2.75, 3.05) is 12.8 Å². The van der Waals surface area contributed by atoms with Crippen LogP contribution in [-0.4, -0.2) is 28.6 Å². The van der Waals surface area contributed by atoms with Crippen LogP contribution in [0.2, 0.25) is 0 Å². The van der Waals surface area contributed by atoms with Gasteiger partial charge in [-0.15, -0.1) is 0 Å². The zero-order valence-electron chi connectivity index (χ0n) is 12.6. The molecule has 1 aromatic carbocycles. The Morgan fingerprint density at radius 2 is 2.05 bits per heavy atom. The Labute approximate surface area is 131 Å². The molecule has 0 amide bonds. The van der Waals surface area contributed by atoms with Crippen LogP contribution in [0.1, 0.15) is 43.2 Å². The van der Waals surface area contributed by atoms with E-state index in [4.69, 9.17) is 10.9 Å². The number of oxime groups is 1. The molecule has 0 atom stereocenters. The molecule has 1 aliphatic rings. The minimum absolute atomic E-state index is 0.171. The van der Waals surface area contributed by atoms with Crippen molar-refractivity contribution in [2.45, 2.75) is 43.4 Å². The van der Waals surface area contributed by atoms with E-state index in [0.717, 1.165) is 24.2 Å². The Hall–Kier alpha value is -1.20. The van der Waals surface area contributed by atoms with Gasteiger partial charge in [0.2, 0.25) is 0 Å². The van der Waals surface area contributed by atoms with Gasteiger partial charge in [0, 0.05) is 23.4 Å². The van der Waals surface area contributed by atoms with Crippen LogP contribution in [-0.2, 0) is 6.54 Å². The molecule has 4 nitrogen and oxygen atoms in total. The van der Waals surface area contributed by atoms with Crippen molar-refractivity contribution in [3.05, 3.63) is 35.4 Å². The van der Waals surface area contributed by atoms with Gasteiger partial charge in [-0.25, -0.2) is 0 Å². The van der Waals surface area contributed by atoms with Crippen LogP contribution in [0.5, 0.6) is 0 Å². The molecule has 1 aliphatic carbocycles. The minimum Gasteiger partial charge on any atom is -0.409 e. The zero-order chi connectivity index (χ0) is 15.1. The van der Waals surface area contributed by atoms with Gasteiger partial charge in [0.1, 0.15) is 0 Å². The number of rotatable bonds is 6. The number of amidine groups is 1. The van der Waals surface area contributed by atoms with E-state index in [1.165, 1.54) is 32.1 Å². The summed E-state index contributed by atoms with van der Waals surface area (Å²) in [5.41, 5.74) is 7.60. The Morgan fingerprint density at radius 3 is 2.71 bits per heavy atom. The normalized spacial score (nSPS) is 18.6. The SMILES string of the molecule is CSC1(CNCc2ccccc2/C(N)=N/O)CCCCC1. The Balaban J connectivity index is 1.97. The molecule has 21 heavy (non-hydrogen) atoms. The highest BCUT2D eigenvalue weighted by atomic mass is 32.2. The van der Waals surface area contributed by atoms with Crippen LogP contribution < -0.4 is 11.1 Å². The first kappa shape index (κ1) is 16.2. The average Bonchev–Trinajstić information content (AvgIpc) is 2.55. The van der Waals surface area contributed by atoms with Crippen molar-refractivity contribution >= 4 is 17.6 Å². The number of nitrogens with zero attached hydrogens (tertiary/aromatic N) is 1. The summed E-state index contributed by atoms with van der Waals surface area (Å²) in [5, 5.41) is 15.5. The Morgan fingerprint density at radius 1 is 1.33 bits per heavy atom. The van der Waals surface area contributed by atoms with Crippen LogP contribution in [0.4, 0.5) is 0 Å². The summed E-state index contributed by atoms with van der Waals surface area (Å²) in [7, 11) is 0. The molecule has 0 spiro atoms. The lowest BCUT2D eigenvalue weighted by molar-refractivity contribution is 0.318. The van der Waals surface area contributed by atoms with Gasteiger partial charge >= 0.3 is 0 Å². The topological polar surface area (TPSA) is 70.6 Å². The number of nitrogens with two attached hydrogens (primary N) is 1. The smallest absolute Gasteiger partial charge is 0.170 e. The summed E-state index contributed by atoms with van der Waals surface area (Å²) in [6, 6.07) is 7.79. The van der Waals surface area contributed by atoms with Gasteiger partial charge in [0.15, 0.2) is 5.84 Å². The largest absolute Gasteiger partial charge is 0.409 e. The molecule has 0 bridgehead atoms. The fourth-order valence-electron chi connectivity index (χ4n) is 3.05. The van der Waals surface area contributed by atoms with Crippen LogP contribution in [0.25, 0.3) is 0 Å². The lowest BCUT2D eigenvalue weighted by atomic mass is 9.88. The Kier molecular flexibility index (Phi) is 5.94. The second-order valence-electron chi connectivity index (χ2n) is 5.69. The minimum atomic E-state index is 0.171. The zero-order valence-corrected chi connectivity index (χ0v) is 13.5. The van der Waals surface area contributed by atoms with E-state index >= 15 is 0 Å². The average molecular weight is 307 g/mol. The van der Waals surface area contributed by atoms with E-state index in [0.29, 0.717) is 4.75 Å². The molecule has 0 radical (unpaired) electrons. The first-order valence-electron chi connectivity index (χ1n) is 7.52. The van der Waals surface area contributed by atoms with Crippen LogP contribution in [0.3, 0.4) is 0 Å². The van der Waals surface area contributed by atoms with E-state index in [-0.39, 0.29) is 5.84 Å². The third kappa shape index (κ3) is 4.14. The van der Waals surface area contributed by atoms with Crippen molar-refractivity contribution in [1.82, 2.24) is 5.32 Å². The summed E-state index contributed by atoms with van der Waals surface area (Å²) in [6.07, 6.45) is 8.85. The second-order valence-corrected chi connectivity index (χ2v) is 6.97. The highest BCUT2D eigenvalue weighted by molar-refractivity contribution is 8.00. The lowest BCUT2D eigenvalue weighted by Crippen LogP contribution is -2.39. The van der Waals surface area contributed by atoms with Crippen molar-refractivity contribution in [2.24, 2.45) is 10.9 Å². The third-order valence-electron chi connectivity index (χ3n) is 4.36. The number of hydrogen-bond donors (Lipinski definition) is 3. The van der Waals surface area contributed by atoms with E-state index in [1.54, 1.807) is 0 Å². The van der Waals surface area contributed by atoms with Gasteiger partial charge in [0.25, 0.3) is 0 Å². The molecule has 0 aliphatic heterocycles. The number of hydrogen-bond acceptors (Lipinski definition) is 4. The highest BCUT2D eigenvalue weighted by Gasteiger charge is 2.30. The van der Waals surface area contributed by atoms with E-state index in [1.807, 2.05) is 36.0 Å². The second kappa shape index (κ2) is 7.71. The molecule has 1 aromatic rings. The highest BCUT2D eigenvalue weighted by Crippen LogP contribution is 2.37. The lowest BCUT2D eigenvalue weighted by Gasteiger charge is -2.36. The molecule has 116 valence electrons. The standard InChI is InChI=1S/C16H25N3OS/c1-21-16(9-5-2-6-10-16)12-18-11-13-7-3-4-8-14(13)15(17)19-20/h3-4,7-8,18,20H,2,5-6,9-12H2,1H3,(H2,17,19). The predicted octanol–water partition coefficient (Wildman–Crippen LogP) is 2.94. The maximum atomic E-state index is 8.86. The quantitative estimate of drug-likeness (QED) is 0.327. The summed E-state index contributed by atoms with van der Waals surface area (Å²) >= 11 is 1.99. The monoisotopic (exact) mass is 307 g/mol. The third-order valence-corrected chi connectivity index (χ3v) is 5.78. The number of nitrogens with one attached hydrogen (secondary N) is 1. The molecule has 0 unspecified atom stereocenters. The van der Waals surface area contributed by atoms with E-state index in [2.05, 4.69) is 16.7 Å². The van der Waals surface area contributed by atoms with Crippen molar-refractivity contribution in [3.8, 4) is 0 Å². The van der Waals surface area contributed by atoms with Crippen LogP contribution in [0.15, 0.2) is 29.4 Å². The first-order valence-corrected chi connectivity index (χ1v) is 8.75. The molecule has 0 aromatic heterocycles. The van der Waals surface area contributed by atoms with Crippen LogP contribution >= 0.6 is 11.8 Å². The molecule has 2 rings (SSSR count). The van der Waals surface area contributed by atoms with E-state index < -0.39 is 0 Å². The van der Waals surface area contributed by atoms with E-state index in [9.17, 15) is 0 Å². The molecule has 5 heteroatoms. The van der Waals surface area contributed by atoms with Gasteiger partial charge in [-0.3, -0.25) is 0 Å². The molecular formula is C16H25N3OS. The summed E-state index contributed by atoms with van der Waals surface area (Å²) in [5.74, 6) is 0.171. The van der Waals surface area contributed by atoms with Gasteiger partial charge in [0.05, 0.1) is 0 Å². The summed E-state index contributed by atoms with van der Waals surface area (Å²) in [4.78, 5) is 0. The van der Waals surface area contributed by atoms with Crippen LogP contribution in [0, 0.1) is 0 Å². The maximum absolute atomic E-state index is 8.86. The molecule has 4 N–H and O–H groups in total. The van der Waals surface area contributed by atoms with Gasteiger partial charge in [-0.05, 0) is 24.7 Å². The first-order chi connectivity index (χ1) is 10.2. The summed E-state index contributed by atoms with van der Waals surface area (Å²) in [6.45, 7) is 1.76. The Bertz CT molecular complexity index is 484. The molecule has 0 heterocycles. The maximum Gasteiger partial charge on any atom is 0.170 e. The number of benzene rings is 1. The number of thioether (sulfide) groups is 1. The molecular weight excluding hydrogens is 282 g/mol.